The summed E-state index contributed by atoms with van der Waals surface area (Å²) >= 11 is 0. The van der Waals surface area contributed by atoms with Gasteiger partial charge in [-0.25, -0.2) is 9.18 Å². The molecule has 3 aromatic rings. The molecule has 1 aliphatic rings. The molecule has 2 aromatic carbocycles. The van der Waals surface area contributed by atoms with Crippen LogP contribution in [0.2, 0.25) is 0 Å². The lowest BCUT2D eigenvalue weighted by Gasteiger charge is -2.26. The molecule has 2 amide bonds. The molecule has 1 aliphatic heterocycles. The number of aromatic nitrogens is 2. The van der Waals surface area contributed by atoms with Crippen LogP contribution in [0.4, 0.5) is 18.0 Å². The summed E-state index contributed by atoms with van der Waals surface area (Å²) in [5.74, 6) is -1.38. The summed E-state index contributed by atoms with van der Waals surface area (Å²) in [5, 5.41) is 6.60. The molecule has 4 rings (SSSR count). The van der Waals surface area contributed by atoms with Crippen LogP contribution >= 0.6 is 0 Å². The van der Waals surface area contributed by atoms with Crippen molar-refractivity contribution in [2.24, 2.45) is 0 Å². The van der Waals surface area contributed by atoms with E-state index in [1.165, 1.54) is 29.3 Å². The van der Waals surface area contributed by atoms with Gasteiger partial charge in [-0.3, -0.25) is 4.79 Å². The van der Waals surface area contributed by atoms with Crippen molar-refractivity contribution in [2.75, 3.05) is 0 Å². The largest absolute Gasteiger partial charge is 0.444 e. The minimum absolute atomic E-state index is 0.0212. The lowest BCUT2D eigenvalue weighted by molar-refractivity contribution is -0.134. The molecule has 2 heterocycles. The Bertz CT molecular complexity index is 1460. The first-order valence-corrected chi connectivity index (χ1v) is 13.1. The molecule has 0 fully saturated rings. The summed E-state index contributed by atoms with van der Waals surface area (Å²) < 4.78 is 74.9. The Hall–Kier alpha value is -4.07. The average Bonchev–Trinajstić information content (AvgIpc) is 3.41. The number of amides is 2. The highest BCUT2D eigenvalue weighted by Gasteiger charge is 2.35. The van der Waals surface area contributed by atoms with Crippen LogP contribution in [0.25, 0.3) is 0 Å². The van der Waals surface area contributed by atoms with Gasteiger partial charge in [0, 0.05) is 18.3 Å². The van der Waals surface area contributed by atoms with E-state index in [9.17, 15) is 31.2 Å². The maximum absolute atomic E-state index is 13.9. The van der Waals surface area contributed by atoms with Crippen molar-refractivity contribution in [3.8, 4) is 5.75 Å². The Labute approximate surface area is 222 Å². The van der Waals surface area contributed by atoms with E-state index < -0.39 is 46.1 Å². The Morgan fingerprint density at radius 3 is 2.36 bits per heavy atom. The van der Waals surface area contributed by atoms with Gasteiger partial charge in [0.2, 0.25) is 0 Å². The molecule has 0 radical (unpaired) electrons. The fraction of sp³-hybridized carbons (Fsp3) is 0.320. The Morgan fingerprint density at radius 1 is 1.08 bits per heavy atom. The molecular weight excluding hydrogens is 541 g/mol. The molecule has 39 heavy (non-hydrogen) atoms. The minimum atomic E-state index is -4.15. The molecule has 208 valence electrons. The lowest BCUT2D eigenvalue weighted by Crippen LogP contribution is -2.43. The number of rotatable bonds is 7. The van der Waals surface area contributed by atoms with Gasteiger partial charge < -0.3 is 19.7 Å². The summed E-state index contributed by atoms with van der Waals surface area (Å²) in [7, 11) is -4.15. The third kappa shape index (κ3) is 6.50. The first-order chi connectivity index (χ1) is 18.2. The van der Waals surface area contributed by atoms with Gasteiger partial charge in [-0.15, -0.1) is 0 Å². The topological polar surface area (TPSA) is 120 Å². The van der Waals surface area contributed by atoms with Crippen molar-refractivity contribution in [1.82, 2.24) is 19.4 Å². The van der Waals surface area contributed by atoms with Crippen LogP contribution < -0.4 is 10.1 Å². The molecule has 1 aromatic heterocycles. The quantitative estimate of drug-likeness (QED) is 0.460. The number of fused-ring (bicyclic) bond motifs is 1. The van der Waals surface area contributed by atoms with E-state index in [1.54, 1.807) is 20.8 Å². The normalized spacial score (nSPS) is 14.2. The molecule has 0 saturated carbocycles. The number of nitrogens with one attached hydrogen (secondary N) is 1. The van der Waals surface area contributed by atoms with E-state index in [0.29, 0.717) is 11.3 Å². The zero-order chi connectivity index (χ0) is 28.5. The van der Waals surface area contributed by atoms with Crippen LogP contribution in [-0.2, 0) is 32.6 Å². The monoisotopic (exact) mass is 566 g/mol. The SMILES string of the molecule is CC(C)(C)OC(=O)N[C@H](C(=O)N1Cc2cn(S(=O)(=O)c3ccc(OC(F)F)cc3)nc2C1)c1cccc(F)c1. The Balaban J connectivity index is 1.52. The number of carbonyl (C=O) groups is 2. The zero-order valence-corrected chi connectivity index (χ0v) is 21.9. The highest BCUT2D eigenvalue weighted by atomic mass is 32.2. The second kappa shape index (κ2) is 10.6. The molecule has 0 saturated heterocycles. The van der Waals surface area contributed by atoms with Crippen LogP contribution in [0.5, 0.6) is 5.75 Å². The highest BCUT2D eigenvalue weighted by molar-refractivity contribution is 7.89. The van der Waals surface area contributed by atoms with Crippen LogP contribution in [0.1, 0.15) is 43.6 Å². The van der Waals surface area contributed by atoms with Crippen LogP contribution in [0.15, 0.2) is 59.6 Å². The first-order valence-electron chi connectivity index (χ1n) is 11.6. The van der Waals surface area contributed by atoms with Gasteiger partial charge in [0.25, 0.3) is 15.9 Å². The molecule has 0 spiro atoms. The maximum atomic E-state index is 13.9. The molecule has 0 unspecified atom stereocenters. The molecule has 0 aliphatic carbocycles. The smallest absolute Gasteiger partial charge is 0.408 e. The van der Waals surface area contributed by atoms with Gasteiger partial charge in [0.05, 0.1) is 17.1 Å². The number of ether oxygens (including phenoxy) is 2. The third-order valence-electron chi connectivity index (χ3n) is 5.55. The molecule has 10 nitrogen and oxygen atoms in total. The second-order valence-electron chi connectivity index (χ2n) is 9.66. The summed E-state index contributed by atoms with van der Waals surface area (Å²) in [6.07, 6.45) is 0.378. The molecule has 0 bridgehead atoms. The Morgan fingerprint density at radius 2 is 1.77 bits per heavy atom. The van der Waals surface area contributed by atoms with Crippen molar-refractivity contribution >= 4 is 22.0 Å². The van der Waals surface area contributed by atoms with E-state index in [2.05, 4.69) is 15.2 Å². The van der Waals surface area contributed by atoms with E-state index in [1.807, 2.05) is 0 Å². The summed E-state index contributed by atoms with van der Waals surface area (Å²) in [5.41, 5.74) is 0.108. The Kier molecular flexibility index (Phi) is 7.59. The van der Waals surface area contributed by atoms with Crippen molar-refractivity contribution in [3.63, 3.8) is 0 Å². The number of hydrogen-bond acceptors (Lipinski definition) is 7. The van der Waals surface area contributed by atoms with Crippen molar-refractivity contribution in [1.29, 1.82) is 0 Å². The second-order valence-corrected chi connectivity index (χ2v) is 11.5. The van der Waals surface area contributed by atoms with Crippen LogP contribution in [-0.4, -0.2) is 46.7 Å². The van der Waals surface area contributed by atoms with Gasteiger partial charge in [-0.1, -0.05) is 12.1 Å². The minimum Gasteiger partial charge on any atom is -0.444 e. The number of alkyl halides is 2. The van der Waals surface area contributed by atoms with Crippen molar-refractivity contribution in [3.05, 3.63) is 77.4 Å². The number of hydrogen-bond donors (Lipinski definition) is 1. The van der Waals surface area contributed by atoms with Crippen LogP contribution in [0.3, 0.4) is 0 Å². The molecule has 1 N–H and O–H groups in total. The van der Waals surface area contributed by atoms with Gasteiger partial charge in [0.15, 0.2) is 0 Å². The first kappa shape index (κ1) is 28.0. The van der Waals surface area contributed by atoms with E-state index in [4.69, 9.17) is 4.74 Å². The van der Waals surface area contributed by atoms with Crippen molar-refractivity contribution < 1.29 is 40.7 Å². The van der Waals surface area contributed by atoms with Gasteiger partial charge >= 0.3 is 12.7 Å². The van der Waals surface area contributed by atoms with Crippen molar-refractivity contribution in [2.45, 2.75) is 57.0 Å². The number of alkyl carbamates (subject to hydrolysis) is 1. The summed E-state index contributed by atoms with van der Waals surface area (Å²) in [6.45, 7) is 1.83. The van der Waals surface area contributed by atoms with Gasteiger partial charge in [-0.05, 0) is 62.7 Å². The fourth-order valence-electron chi connectivity index (χ4n) is 3.89. The third-order valence-corrected chi connectivity index (χ3v) is 7.10. The maximum Gasteiger partial charge on any atom is 0.408 e. The predicted molar refractivity (Wildman–Crippen MR) is 131 cm³/mol. The molecule has 1 atom stereocenters. The average molecular weight is 567 g/mol. The number of nitrogens with zero attached hydrogens (tertiary/aromatic N) is 3. The molecular formula is C25H25F3N4O6S. The summed E-state index contributed by atoms with van der Waals surface area (Å²) in [4.78, 5) is 27.0. The van der Waals surface area contributed by atoms with Gasteiger partial charge in [0.1, 0.15) is 23.2 Å². The number of halogens is 3. The molecule has 14 heteroatoms. The van der Waals surface area contributed by atoms with E-state index >= 15 is 0 Å². The standard InChI is InChI=1S/C25H25F3N4O6S/c1-25(2,3)38-24(34)29-21(15-5-4-6-17(26)11-15)22(33)31-12-16-13-32(30-20(16)14-31)39(35,36)19-9-7-18(8-10-19)37-23(27)28/h4-11,13,21,23H,12,14H2,1-3H3,(H,29,34)/t21-/m0/s1. The predicted octanol–water partition coefficient (Wildman–Crippen LogP) is 3.97. The fourth-order valence-corrected chi connectivity index (χ4v) is 5.06. The van der Waals surface area contributed by atoms with E-state index in [0.717, 1.165) is 34.4 Å². The highest BCUT2D eigenvalue weighted by Crippen LogP contribution is 2.28. The lowest BCUT2D eigenvalue weighted by atomic mass is 10.1. The van der Waals surface area contributed by atoms with E-state index in [-0.39, 0.29) is 29.3 Å². The number of benzene rings is 2. The summed E-state index contributed by atoms with van der Waals surface area (Å²) in [6, 6.07) is 8.37. The van der Waals surface area contributed by atoms with Gasteiger partial charge in [-0.2, -0.15) is 26.4 Å². The van der Waals surface area contributed by atoms with Crippen LogP contribution in [0, 0.1) is 5.82 Å². The zero-order valence-electron chi connectivity index (χ0n) is 21.1. The number of carbonyl (C=O) groups excluding carboxylic acids is 2.